The zero-order valence-corrected chi connectivity index (χ0v) is 11.7. The molecular formula is C11H19N3O3S. The molecule has 0 spiro atoms. The number of hydrogen-bond donors (Lipinski definition) is 2. The van der Waals surface area contributed by atoms with Gasteiger partial charge in [0, 0.05) is 17.8 Å². The fourth-order valence-electron chi connectivity index (χ4n) is 1.44. The minimum absolute atomic E-state index is 0.0225. The molecule has 0 aromatic heterocycles. The SMILES string of the molecule is CC(C)(C)NC(=O)CNC(=O)CN1CCSC1=O. The molecule has 1 heterocycles. The van der Waals surface area contributed by atoms with Crippen LogP contribution < -0.4 is 10.6 Å². The van der Waals surface area contributed by atoms with Gasteiger partial charge in [0.15, 0.2) is 0 Å². The lowest BCUT2D eigenvalue weighted by Gasteiger charge is -2.21. The summed E-state index contributed by atoms with van der Waals surface area (Å²) >= 11 is 1.21. The zero-order chi connectivity index (χ0) is 13.8. The minimum Gasteiger partial charge on any atom is -0.350 e. The summed E-state index contributed by atoms with van der Waals surface area (Å²) in [6, 6.07) is 0. The molecule has 1 aliphatic rings. The van der Waals surface area contributed by atoms with Gasteiger partial charge >= 0.3 is 0 Å². The Morgan fingerprint density at radius 2 is 2.00 bits per heavy atom. The molecule has 7 heteroatoms. The maximum atomic E-state index is 11.5. The van der Waals surface area contributed by atoms with Gasteiger partial charge in [0.2, 0.25) is 11.8 Å². The predicted octanol–water partition coefficient (Wildman–Crippen LogP) is 0.186. The van der Waals surface area contributed by atoms with Gasteiger partial charge in [0.25, 0.3) is 5.24 Å². The van der Waals surface area contributed by atoms with Crippen molar-refractivity contribution in [1.82, 2.24) is 15.5 Å². The van der Waals surface area contributed by atoms with E-state index in [0.29, 0.717) is 6.54 Å². The second kappa shape index (κ2) is 6.08. The highest BCUT2D eigenvalue weighted by molar-refractivity contribution is 8.13. The zero-order valence-electron chi connectivity index (χ0n) is 10.9. The van der Waals surface area contributed by atoms with Crippen LogP contribution in [0.3, 0.4) is 0 Å². The van der Waals surface area contributed by atoms with Crippen molar-refractivity contribution in [3.8, 4) is 0 Å². The molecule has 0 atom stereocenters. The van der Waals surface area contributed by atoms with Crippen LogP contribution in [-0.4, -0.2) is 52.9 Å². The van der Waals surface area contributed by atoms with E-state index in [1.165, 1.54) is 16.7 Å². The van der Waals surface area contributed by atoms with E-state index < -0.39 is 0 Å². The molecule has 0 aromatic carbocycles. The summed E-state index contributed by atoms with van der Waals surface area (Å²) in [6.45, 7) is 6.15. The molecule has 6 nitrogen and oxygen atoms in total. The third kappa shape index (κ3) is 5.39. The van der Waals surface area contributed by atoms with Crippen molar-refractivity contribution in [1.29, 1.82) is 0 Å². The molecule has 1 saturated heterocycles. The van der Waals surface area contributed by atoms with Crippen LogP contribution in [0, 0.1) is 0 Å². The standard InChI is InChI=1S/C11H19N3O3S/c1-11(2,3)13-8(15)6-12-9(16)7-14-4-5-18-10(14)17/h4-7H2,1-3H3,(H,12,16)(H,13,15). The Balaban J connectivity index is 2.25. The number of nitrogens with zero attached hydrogens (tertiary/aromatic N) is 1. The van der Waals surface area contributed by atoms with Crippen LogP contribution in [0.1, 0.15) is 20.8 Å². The topological polar surface area (TPSA) is 78.5 Å². The average Bonchev–Trinajstić information content (AvgIpc) is 2.59. The largest absolute Gasteiger partial charge is 0.350 e. The Labute approximate surface area is 111 Å². The van der Waals surface area contributed by atoms with Crippen molar-refractivity contribution in [2.45, 2.75) is 26.3 Å². The molecule has 0 radical (unpaired) electrons. The van der Waals surface area contributed by atoms with Gasteiger partial charge in [-0.1, -0.05) is 11.8 Å². The molecule has 1 aliphatic heterocycles. The molecule has 0 aromatic rings. The lowest BCUT2D eigenvalue weighted by atomic mass is 10.1. The fraction of sp³-hybridized carbons (Fsp3) is 0.727. The summed E-state index contributed by atoms with van der Waals surface area (Å²) in [5.74, 6) is 0.171. The Morgan fingerprint density at radius 1 is 1.33 bits per heavy atom. The third-order valence-corrected chi connectivity index (χ3v) is 3.03. The maximum Gasteiger partial charge on any atom is 0.282 e. The normalized spacial score (nSPS) is 15.7. The highest BCUT2D eigenvalue weighted by Crippen LogP contribution is 2.16. The van der Waals surface area contributed by atoms with Gasteiger partial charge in [-0.25, -0.2) is 0 Å². The average molecular weight is 273 g/mol. The van der Waals surface area contributed by atoms with Crippen molar-refractivity contribution in [3.05, 3.63) is 0 Å². The molecule has 2 N–H and O–H groups in total. The predicted molar refractivity (Wildman–Crippen MR) is 70.3 cm³/mol. The van der Waals surface area contributed by atoms with Gasteiger partial charge in [0.05, 0.1) is 6.54 Å². The molecule has 0 aliphatic carbocycles. The summed E-state index contributed by atoms with van der Waals surface area (Å²) in [6.07, 6.45) is 0. The molecule has 102 valence electrons. The number of rotatable bonds is 4. The van der Waals surface area contributed by atoms with Crippen molar-refractivity contribution < 1.29 is 14.4 Å². The van der Waals surface area contributed by atoms with Gasteiger partial charge in [-0.15, -0.1) is 0 Å². The Bertz CT molecular complexity index is 352. The van der Waals surface area contributed by atoms with Gasteiger partial charge in [0.1, 0.15) is 6.54 Å². The van der Waals surface area contributed by atoms with E-state index in [2.05, 4.69) is 10.6 Å². The van der Waals surface area contributed by atoms with Crippen LogP contribution in [0.4, 0.5) is 4.79 Å². The van der Waals surface area contributed by atoms with Gasteiger partial charge in [-0.05, 0) is 20.8 Å². The third-order valence-electron chi connectivity index (χ3n) is 2.14. The summed E-state index contributed by atoms with van der Waals surface area (Å²) in [5, 5.41) is 5.16. The smallest absolute Gasteiger partial charge is 0.282 e. The lowest BCUT2D eigenvalue weighted by Crippen LogP contribution is -2.47. The Hall–Kier alpha value is -1.24. The quantitative estimate of drug-likeness (QED) is 0.766. The van der Waals surface area contributed by atoms with E-state index in [9.17, 15) is 14.4 Å². The van der Waals surface area contributed by atoms with Gasteiger partial charge < -0.3 is 15.5 Å². The van der Waals surface area contributed by atoms with Crippen LogP contribution >= 0.6 is 11.8 Å². The van der Waals surface area contributed by atoms with E-state index >= 15 is 0 Å². The summed E-state index contributed by atoms with van der Waals surface area (Å²) in [4.78, 5) is 35.7. The van der Waals surface area contributed by atoms with E-state index in [1.54, 1.807) is 0 Å². The van der Waals surface area contributed by atoms with Crippen LogP contribution in [-0.2, 0) is 9.59 Å². The van der Waals surface area contributed by atoms with Crippen LogP contribution in [0.25, 0.3) is 0 Å². The van der Waals surface area contributed by atoms with Crippen molar-refractivity contribution in [3.63, 3.8) is 0 Å². The maximum absolute atomic E-state index is 11.5. The molecule has 3 amide bonds. The first-order chi connectivity index (χ1) is 8.28. The number of amides is 3. The molecule has 0 saturated carbocycles. The van der Waals surface area contributed by atoms with Crippen molar-refractivity contribution >= 4 is 28.8 Å². The number of nitrogens with one attached hydrogen (secondary N) is 2. The first-order valence-electron chi connectivity index (χ1n) is 5.77. The van der Waals surface area contributed by atoms with E-state index in [-0.39, 0.29) is 35.7 Å². The molecule has 1 fully saturated rings. The molecule has 1 rings (SSSR count). The minimum atomic E-state index is -0.316. The number of hydrogen-bond acceptors (Lipinski definition) is 4. The first-order valence-corrected chi connectivity index (χ1v) is 6.76. The highest BCUT2D eigenvalue weighted by Gasteiger charge is 2.23. The number of thioether (sulfide) groups is 1. The lowest BCUT2D eigenvalue weighted by molar-refractivity contribution is -0.127. The van der Waals surface area contributed by atoms with Crippen molar-refractivity contribution in [2.24, 2.45) is 0 Å². The first kappa shape index (κ1) is 14.8. The highest BCUT2D eigenvalue weighted by atomic mass is 32.2. The molecular weight excluding hydrogens is 254 g/mol. The fourth-order valence-corrected chi connectivity index (χ4v) is 2.26. The van der Waals surface area contributed by atoms with Crippen LogP contribution in [0.2, 0.25) is 0 Å². The Kier molecular flexibility index (Phi) is 5.01. The van der Waals surface area contributed by atoms with Crippen molar-refractivity contribution in [2.75, 3.05) is 25.4 Å². The number of carbonyl (C=O) groups is 3. The summed E-state index contributed by atoms with van der Waals surface area (Å²) in [5.41, 5.74) is -0.316. The van der Waals surface area contributed by atoms with Gasteiger partial charge in [-0.3, -0.25) is 14.4 Å². The Morgan fingerprint density at radius 3 is 2.50 bits per heavy atom. The second-order valence-electron chi connectivity index (χ2n) is 5.11. The monoisotopic (exact) mass is 273 g/mol. The summed E-state index contributed by atoms with van der Waals surface area (Å²) in [7, 11) is 0. The summed E-state index contributed by atoms with van der Waals surface area (Å²) < 4.78 is 0. The molecule has 0 unspecified atom stereocenters. The number of carbonyl (C=O) groups excluding carboxylic acids is 3. The van der Waals surface area contributed by atoms with Gasteiger partial charge in [-0.2, -0.15) is 0 Å². The molecule has 0 bridgehead atoms. The second-order valence-corrected chi connectivity index (χ2v) is 6.16. The van der Waals surface area contributed by atoms with Crippen LogP contribution in [0.5, 0.6) is 0 Å². The van der Waals surface area contributed by atoms with E-state index in [1.807, 2.05) is 20.8 Å². The van der Waals surface area contributed by atoms with Crippen LogP contribution in [0.15, 0.2) is 0 Å². The molecule has 18 heavy (non-hydrogen) atoms. The van der Waals surface area contributed by atoms with E-state index in [0.717, 1.165) is 5.75 Å². The van der Waals surface area contributed by atoms with E-state index in [4.69, 9.17) is 0 Å².